The first-order valence-corrected chi connectivity index (χ1v) is 8.40. The van der Waals surface area contributed by atoms with Gasteiger partial charge in [-0.05, 0) is 69.8 Å². The van der Waals surface area contributed by atoms with Gasteiger partial charge in [0.2, 0.25) is 0 Å². The number of amides is 1. The van der Waals surface area contributed by atoms with Crippen molar-refractivity contribution in [1.29, 1.82) is 0 Å². The Kier molecular flexibility index (Phi) is 5.88. The maximum absolute atomic E-state index is 11.5. The third-order valence-corrected chi connectivity index (χ3v) is 3.89. The van der Waals surface area contributed by atoms with Crippen LogP contribution in [-0.4, -0.2) is 36.2 Å². The van der Waals surface area contributed by atoms with Crippen molar-refractivity contribution in [2.45, 2.75) is 52.2 Å². The van der Waals surface area contributed by atoms with Crippen molar-refractivity contribution < 1.29 is 9.53 Å². The van der Waals surface area contributed by atoms with Crippen LogP contribution >= 0.6 is 0 Å². The van der Waals surface area contributed by atoms with E-state index in [0.29, 0.717) is 6.54 Å². The number of ether oxygens (including phenoxy) is 1. The highest BCUT2D eigenvalue weighted by Crippen LogP contribution is 2.21. The highest BCUT2D eigenvalue weighted by Gasteiger charge is 2.17. The summed E-state index contributed by atoms with van der Waals surface area (Å²) in [5, 5.41) is 2.80. The van der Waals surface area contributed by atoms with Crippen LogP contribution in [0.3, 0.4) is 0 Å². The third-order valence-electron chi connectivity index (χ3n) is 3.89. The summed E-state index contributed by atoms with van der Waals surface area (Å²) >= 11 is 0. The highest BCUT2D eigenvalue weighted by molar-refractivity contribution is 5.67. The molecule has 1 aromatic rings. The van der Waals surface area contributed by atoms with Gasteiger partial charge in [0, 0.05) is 25.3 Å². The maximum Gasteiger partial charge on any atom is 0.407 e. The predicted molar refractivity (Wildman–Crippen MR) is 93.3 cm³/mol. The number of nitrogen functional groups attached to an aromatic ring is 1. The van der Waals surface area contributed by atoms with Gasteiger partial charge in [-0.1, -0.05) is 6.07 Å². The second kappa shape index (κ2) is 7.68. The Bertz CT molecular complexity index is 538. The fourth-order valence-electron chi connectivity index (χ4n) is 2.79. The van der Waals surface area contributed by atoms with Crippen molar-refractivity contribution in [2.75, 3.05) is 25.4 Å². The summed E-state index contributed by atoms with van der Waals surface area (Å²) in [6, 6.07) is 6.22. The number of benzene rings is 1. The van der Waals surface area contributed by atoms with Gasteiger partial charge in [-0.3, -0.25) is 4.90 Å². The van der Waals surface area contributed by atoms with Gasteiger partial charge in [-0.2, -0.15) is 0 Å². The van der Waals surface area contributed by atoms with Crippen LogP contribution in [0.4, 0.5) is 10.5 Å². The minimum atomic E-state index is -0.437. The van der Waals surface area contributed by atoms with Crippen LogP contribution in [0.2, 0.25) is 0 Å². The van der Waals surface area contributed by atoms with E-state index in [9.17, 15) is 4.79 Å². The summed E-state index contributed by atoms with van der Waals surface area (Å²) in [5.74, 6) is 0. The molecule has 0 aromatic heterocycles. The standard InChI is InChI=1S/C18H29N3O2/c1-18(2,3)23-17(22)20-9-4-5-10-21-11-8-14-6-7-16(19)12-15(14)13-21/h6-7,12H,4-5,8-11,13,19H2,1-3H3,(H,20,22). The summed E-state index contributed by atoms with van der Waals surface area (Å²) in [4.78, 5) is 14.0. The van der Waals surface area contributed by atoms with Crippen LogP contribution in [0.25, 0.3) is 0 Å². The summed E-state index contributed by atoms with van der Waals surface area (Å²) in [7, 11) is 0. The number of nitrogens with two attached hydrogens (primary N) is 1. The van der Waals surface area contributed by atoms with Gasteiger partial charge in [0.25, 0.3) is 0 Å². The van der Waals surface area contributed by atoms with E-state index in [0.717, 1.165) is 44.6 Å². The van der Waals surface area contributed by atoms with Gasteiger partial charge in [-0.15, -0.1) is 0 Å². The second-order valence-electron chi connectivity index (χ2n) is 7.19. The zero-order valence-electron chi connectivity index (χ0n) is 14.5. The van der Waals surface area contributed by atoms with Crippen LogP contribution in [0.15, 0.2) is 18.2 Å². The van der Waals surface area contributed by atoms with E-state index in [4.69, 9.17) is 10.5 Å². The molecule has 1 heterocycles. The molecule has 3 N–H and O–H groups in total. The molecule has 5 nitrogen and oxygen atoms in total. The number of nitrogens with one attached hydrogen (secondary N) is 1. The molecule has 1 aliphatic rings. The van der Waals surface area contributed by atoms with Crippen molar-refractivity contribution in [1.82, 2.24) is 10.2 Å². The van der Waals surface area contributed by atoms with E-state index in [1.807, 2.05) is 26.8 Å². The lowest BCUT2D eigenvalue weighted by atomic mass is 9.99. The molecule has 0 bridgehead atoms. The van der Waals surface area contributed by atoms with Gasteiger partial charge < -0.3 is 15.8 Å². The largest absolute Gasteiger partial charge is 0.444 e. The number of rotatable bonds is 5. The number of hydrogen-bond donors (Lipinski definition) is 2. The molecular weight excluding hydrogens is 290 g/mol. The SMILES string of the molecule is CC(C)(C)OC(=O)NCCCCN1CCc2ccc(N)cc2C1. The first-order valence-electron chi connectivity index (χ1n) is 8.40. The molecule has 0 radical (unpaired) electrons. The van der Waals surface area contributed by atoms with E-state index in [-0.39, 0.29) is 6.09 Å². The number of fused-ring (bicyclic) bond motifs is 1. The molecule has 0 spiro atoms. The molecular formula is C18H29N3O2. The minimum Gasteiger partial charge on any atom is -0.444 e. The van der Waals surface area contributed by atoms with Gasteiger partial charge in [0.05, 0.1) is 0 Å². The van der Waals surface area contributed by atoms with Crippen LogP contribution in [-0.2, 0) is 17.7 Å². The summed E-state index contributed by atoms with van der Waals surface area (Å²) in [6.45, 7) is 9.38. The fraction of sp³-hybridized carbons (Fsp3) is 0.611. The average molecular weight is 319 g/mol. The van der Waals surface area contributed by atoms with Crippen LogP contribution in [0.5, 0.6) is 0 Å². The second-order valence-corrected chi connectivity index (χ2v) is 7.19. The average Bonchev–Trinajstić information content (AvgIpc) is 2.44. The predicted octanol–water partition coefficient (Wildman–Crippen LogP) is 2.93. The van der Waals surface area contributed by atoms with Crippen LogP contribution < -0.4 is 11.1 Å². The van der Waals surface area contributed by atoms with Crippen molar-refractivity contribution in [3.8, 4) is 0 Å². The molecule has 1 aromatic carbocycles. The molecule has 0 saturated heterocycles. The Morgan fingerprint density at radius 3 is 2.83 bits per heavy atom. The first-order chi connectivity index (χ1) is 10.8. The van der Waals surface area contributed by atoms with Gasteiger partial charge >= 0.3 is 6.09 Å². The van der Waals surface area contributed by atoms with Crippen molar-refractivity contribution in [3.63, 3.8) is 0 Å². The van der Waals surface area contributed by atoms with Crippen LogP contribution in [0, 0.1) is 0 Å². The quantitative estimate of drug-likeness (QED) is 0.647. The number of nitrogens with zero attached hydrogens (tertiary/aromatic N) is 1. The number of unbranched alkanes of at least 4 members (excludes halogenated alkanes) is 1. The summed E-state index contributed by atoms with van der Waals surface area (Å²) in [6.07, 6.45) is 2.78. The molecule has 0 atom stereocenters. The smallest absolute Gasteiger partial charge is 0.407 e. The molecule has 0 saturated carbocycles. The Balaban J connectivity index is 1.63. The number of carbonyl (C=O) groups excluding carboxylic acids is 1. The van der Waals surface area contributed by atoms with Gasteiger partial charge in [0.1, 0.15) is 5.60 Å². The molecule has 0 fully saturated rings. The van der Waals surface area contributed by atoms with E-state index in [1.165, 1.54) is 11.1 Å². The lowest BCUT2D eigenvalue weighted by Crippen LogP contribution is -2.34. The van der Waals surface area contributed by atoms with Crippen molar-refractivity contribution in [3.05, 3.63) is 29.3 Å². The van der Waals surface area contributed by atoms with Gasteiger partial charge in [-0.25, -0.2) is 4.79 Å². The highest BCUT2D eigenvalue weighted by atomic mass is 16.6. The number of anilines is 1. The van der Waals surface area contributed by atoms with E-state index >= 15 is 0 Å². The summed E-state index contributed by atoms with van der Waals surface area (Å²) in [5.41, 5.74) is 9.04. The van der Waals surface area contributed by atoms with E-state index in [1.54, 1.807) is 0 Å². The van der Waals surface area contributed by atoms with E-state index < -0.39 is 5.60 Å². The zero-order chi connectivity index (χ0) is 16.9. The normalized spacial score (nSPS) is 15.1. The van der Waals surface area contributed by atoms with E-state index in [2.05, 4.69) is 22.3 Å². The van der Waals surface area contributed by atoms with Crippen molar-refractivity contribution in [2.24, 2.45) is 0 Å². The molecule has 128 valence electrons. The molecule has 5 heteroatoms. The number of carbonyl (C=O) groups is 1. The van der Waals surface area contributed by atoms with Crippen LogP contribution in [0.1, 0.15) is 44.7 Å². The Morgan fingerprint density at radius 1 is 1.30 bits per heavy atom. The zero-order valence-corrected chi connectivity index (χ0v) is 14.5. The Labute approximate surface area is 139 Å². The van der Waals surface area contributed by atoms with Crippen molar-refractivity contribution >= 4 is 11.8 Å². The topological polar surface area (TPSA) is 67.6 Å². The molecule has 1 amide bonds. The third kappa shape index (κ3) is 6.10. The Morgan fingerprint density at radius 2 is 2.09 bits per heavy atom. The fourth-order valence-corrected chi connectivity index (χ4v) is 2.79. The molecule has 2 rings (SSSR count). The molecule has 23 heavy (non-hydrogen) atoms. The minimum absolute atomic E-state index is 0.333. The maximum atomic E-state index is 11.5. The number of alkyl carbamates (subject to hydrolysis) is 1. The molecule has 0 aliphatic carbocycles. The lowest BCUT2D eigenvalue weighted by Gasteiger charge is -2.29. The van der Waals surface area contributed by atoms with Gasteiger partial charge in [0.15, 0.2) is 0 Å². The Hall–Kier alpha value is -1.75. The molecule has 0 unspecified atom stereocenters. The number of hydrogen-bond acceptors (Lipinski definition) is 4. The molecule has 1 aliphatic heterocycles. The first kappa shape index (κ1) is 17.6. The summed E-state index contributed by atoms with van der Waals surface area (Å²) < 4.78 is 5.21. The lowest BCUT2D eigenvalue weighted by molar-refractivity contribution is 0.0526. The monoisotopic (exact) mass is 319 g/mol.